The van der Waals surface area contributed by atoms with Crippen molar-refractivity contribution in [1.29, 1.82) is 0 Å². The number of hydrogen-bond donors (Lipinski definition) is 1. The highest BCUT2D eigenvalue weighted by Crippen LogP contribution is 2.33. The van der Waals surface area contributed by atoms with E-state index in [9.17, 15) is 32.9 Å². The number of benzene rings is 2. The van der Waals surface area contributed by atoms with Crippen molar-refractivity contribution >= 4 is 39.1 Å². The number of anilines is 1. The number of rotatable bonds is 7. The van der Waals surface area contributed by atoms with Gasteiger partial charge in [0.05, 0.1) is 21.9 Å². The van der Waals surface area contributed by atoms with Crippen LogP contribution in [0.1, 0.15) is 44.0 Å². The van der Waals surface area contributed by atoms with E-state index in [0.717, 1.165) is 11.0 Å². The first-order chi connectivity index (χ1) is 15.8. The van der Waals surface area contributed by atoms with E-state index < -0.39 is 44.2 Å². The average Bonchev–Trinajstić information content (AvgIpc) is 3.06. The van der Waals surface area contributed by atoms with Crippen LogP contribution in [0.15, 0.2) is 53.4 Å². The summed E-state index contributed by atoms with van der Waals surface area (Å²) in [7, 11) is -3.96. The van der Waals surface area contributed by atoms with E-state index >= 15 is 0 Å². The Balaban J connectivity index is 2.01. The van der Waals surface area contributed by atoms with E-state index in [1.807, 2.05) is 6.92 Å². The van der Waals surface area contributed by atoms with Crippen LogP contribution in [0.4, 0.5) is 11.4 Å². The van der Waals surface area contributed by atoms with E-state index in [4.69, 9.17) is 5.14 Å². The lowest BCUT2D eigenvalue weighted by Gasteiger charge is -2.41. The highest BCUT2D eigenvalue weighted by Gasteiger charge is 2.48. The van der Waals surface area contributed by atoms with E-state index in [-0.39, 0.29) is 28.3 Å². The first-order valence-corrected chi connectivity index (χ1v) is 11.9. The van der Waals surface area contributed by atoms with Gasteiger partial charge in [-0.1, -0.05) is 13.0 Å². The second-order valence-electron chi connectivity index (χ2n) is 8.47. The van der Waals surface area contributed by atoms with E-state index in [2.05, 4.69) is 0 Å². The molecule has 1 aliphatic rings. The van der Waals surface area contributed by atoms with Gasteiger partial charge < -0.3 is 4.90 Å². The van der Waals surface area contributed by atoms with Gasteiger partial charge in [0.15, 0.2) is 0 Å². The molecule has 180 valence electrons. The Hall–Kier alpha value is -3.64. The standard InChI is InChI=1S/C22H24N4O7S/c1-4-22(2,3)25(20(28)14-6-5-7-16(12-14)26(30)31)18-13-19(27)24(21(18)29)15-8-10-17(11-9-15)34(23,32)33/h5-12,18H,4,13H2,1-3H3,(H2,23,32,33). The van der Waals surface area contributed by atoms with Crippen LogP contribution in [-0.4, -0.2) is 47.5 Å². The summed E-state index contributed by atoms with van der Waals surface area (Å²) < 4.78 is 23.0. The molecule has 1 fully saturated rings. The average molecular weight is 489 g/mol. The van der Waals surface area contributed by atoms with Crippen LogP contribution in [0.2, 0.25) is 0 Å². The van der Waals surface area contributed by atoms with Crippen LogP contribution in [0.25, 0.3) is 0 Å². The molecule has 0 aliphatic carbocycles. The number of carbonyl (C=O) groups excluding carboxylic acids is 3. The Bertz CT molecular complexity index is 1270. The molecule has 1 atom stereocenters. The topological polar surface area (TPSA) is 161 Å². The predicted octanol–water partition coefficient (Wildman–Crippen LogP) is 2.21. The highest BCUT2D eigenvalue weighted by atomic mass is 32.2. The Morgan fingerprint density at radius 2 is 1.82 bits per heavy atom. The van der Waals surface area contributed by atoms with Crippen LogP contribution in [0, 0.1) is 10.1 Å². The molecule has 0 radical (unpaired) electrons. The molecule has 3 rings (SSSR count). The lowest BCUT2D eigenvalue weighted by Crippen LogP contribution is -2.55. The maximum absolute atomic E-state index is 13.5. The Labute approximate surface area is 196 Å². The minimum Gasteiger partial charge on any atom is -0.321 e. The van der Waals surface area contributed by atoms with Crippen LogP contribution < -0.4 is 10.0 Å². The normalized spacial score (nSPS) is 16.6. The number of sulfonamides is 1. The number of nitrogens with two attached hydrogens (primary N) is 1. The number of hydrogen-bond acceptors (Lipinski definition) is 7. The zero-order chi connectivity index (χ0) is 25.4. The smallest absolute Gasteiger partial charge is 0.270 e. The molecule has 11 nitrogen and oxygen atoms in total. The Morgan fingerprint density at radius 3 is 2.35 bits per heavy atom. The molecule has 1 saturated heterocycles. The van der Waals surface area contributed by atoms with Crippen molar-refractivity contribution in [2.24, 2.45) is 5.14 Å². The second kappa shape index (κ2) is 8.95. The fraction of sp³-hybridized carbons (Fsp3) is 0.318. The highest BCUT2D eigenvalue weighted by molar-refractivity contribution is 7.89. The number of nitrogens with zero attached hydrogens (tertiary/aromatic N) is 3. The number of imide groups is 1. The number of amides is 3. The van der Waals surface area contributed by atoms with Crippen LogP contribution in [0.3, 0.4) is 0 Å². The minimum absolute atomic E-state index is 0.0203. The quantitative estimate of drug-likeness (QED) is 0.355. The monoisotopic (exact) mass is 488 g/mol. The molecule has 1 aliphatic heterocycles. The number of nitro groups is 1. The largest absolute Gasteiger partial charge is 0.321 e. The van der Waals surface area contributed by atoms with E-state index in [1.54, 1.807) is 13.8 Å². The first kappa shape index (κ1) is 25.0. The fourth-order valence-corrected chi connectivity index (χ4v) is 4.29. The molecule has 3 amide bonds. The van der Waals surface area contributed by atoms with Gasteiger partial charge in [0, 0.05) is 23.2 Å². The Kier molecular flexibility index (Phi) is 6.58. The van der Waals surface area contributed by atoms with Gasteiger partial charge in [-0.3, -0.25) is 24.5 Å². The minimum atomic E-state index is -3.96. The number of primary sulfonamides is 1. The van der Waals surface area contributed by atoms with Gasteiger partial charge in [-0.25, -0.2) is 18.5 Å². The van der Waals surface area contributed by atoms with Gasteiger partial charge in [0.2, 0.25) is 15.9 Å². The van der Waals surface area contributed by atoms with Gasteiger partial charge in [-0.05, 0) is 50.6 Å². The maximum Gasteiger partial charge on any atom is 0.270 e. The maximum atomic E-state index is 13.5. The third-order valence-corrected chi connectivity index (χ3v) is 6.83. The van der Waals surface area contributed by atoms with Crippen molar-refractivity contribution < 1.29 is 27.7 Å². The summed E-state index contributed by atoms with van der Waals surface area (Å²) >= 11 is 0. The van der Waals surface area contributed by atoms with Gasteiger partial charge in [-0.15, -0.1) is 0 Å². The van der Waals surface area contributed by atoms with Gasteiger partial charge >= 0.3 is 0 Å². The lowest BCUT2D eigenvalue weighted by atomic mass is 9.94. The Morgan fingerprint density at radius 1 is 1.21 bits per heavy atom. The van der Waals surface area contributed by atoms with Crippen molar-refractivity contribution in [1.82, 2.24) is 4.90 Å². The summed E-state index contributed by atoms with van der Waals surface area (Å²) in [5.74, 6) is -1.84. The first-order valence-electron chi connectivity index (χ1n) is 10.4. The summed E-state index contributed by atoms with van der Waals surface area (Å²) in [6, 6.07) is 8.97. The molecular formula is C22H24N4O7S. The molecule has 0 aromatic heterocycles. The number of carbonyl (C=O) groups is 3. The summed E-state index contributed by atoms with van der Waals surface area (Å²) in [6.07, 6.45) is 0.147. The van der Waals surface area contributed by atoms with Crippen molar-refractivity contribution in [2.75, 3.05) is 4.90 Å². The van der Waals surface area contributed by atoms with Crippen LogP contribution >= 0.6 is 0 Å². The van der Waals surface area contributed by atoms with Crippen LogP contribution in [-0.2, 0) is 19.6 Å². The van der Waals surface area contributed by atoms with E-state index in [1.165, 1.54) is 47.4 Å². The van der Waals surface area contributed by atoms with Gasteiger partial charge in [0.25, 0.3) is 17.5 Å². The molecule has 2 aromatic carbocycles. The second-order valence-corrected chi connectivity index (χ2v) is 10.0. The molecule has 12 heteroatoms. The summed E-state index contributed by atoms with van der Waals surface area (Å²) in [5, 5.41) is 16.3. The van der Waals surface area contributed by atoms with Crippen LogP contribution in [0.5, 0.6) is 0 Å². The molecule has 1 heterocycles. The molecule has 0 spiro atoms. The molecule has 2 N–H and O–H groups in total. The number of nitro benzene ring substituents is 1. The zero-order valence-corrected chi connectivity index (χ0v) is 19.6. The third kappa shape index (κ3) is 4.68. The SMILES string of the molecule is CCC(C)(C)N(C(=O)c1cccc([N+](=O)[O-])c1)C1CC(=O)N(c2ccc(S(N)(=O)=O)cc2)C1=O. The lowest BCUT2D eigenvalue weighted by molar-refractivity contribution is -0.384. The molecule has 0 saturated carbocycles. The van der Waals surface area contributed by atoms with Crippen molar-refractivity contribution in [2.45, 2.75) is 50.1 Å². The molecule has 34 heavy (non-hydrogen) atoms. The summed E-state index contributed by atoms with van der Waals surface area (Å²) in [5.41, 5.74) is -0.977. The number of non-ortho nitro benzene ring substituents is 1. The molecule has 2 aromatic rings. The van der Waals surface area contributed by atoms with Crippen molar-refractivity contribution in [3.63, 3.8) is 0 Å². The van der Waals surface area contributed by atoms with Crippen molar-refractivity contribution in [3.8, 4) is 0 Å². The van der Waals surface area contributed by atoms with E-state index in [0.29, 0.717) is 6.42 Å². The van der Waals surface area contributed by atoms with Gasteiger partial charge in [-0.2, -0.15) is 0 Å². The molecular weight excluding hydrogens is 464 g/mol. The summed E-state index contributed by atoms with van der Waals surface area (Å²) in [4.78, 5) is 52.3. The predicted molar refractivity (Wildman–Crippen MR) is 122 cm³/mol. The third-order valence-electron chi connectivity index (χ3n) is 5.90. The zero-order valence-electron chi connectivity index (χ0n) is 18.8. The fourth-order valence-electron chi connectivity index (χ4n) is 3.77. The van der Waals surface area contributed by atoms with Gasteiger partial charge in [0.1, 0.15) is 6.04 Å². The summed E-state index contributed by atoms with van der Waals surface area (Å²) in [6.45, 7) is 5.30. The van der Waals surface area contributed by atoms with Crippen molar-refractivity contribution in [3.05, 3.63) is 64.2 Å². The molecule has 1 unspecified atom stereocenters. The molecule has 0 bridgehead atoms.